The zero-order valence-corrected chi connectivity index (χ0v) is 12.1. The molecule has 1 saturated carbocycles. The summed E-state index contributed by atoms with van der Waals surface area (Å²) in [6, 6.07) is 0.410. The van der Waals surface area contributed by atoms with Gasteiger partial charge in [-0.2, -0.15) is 0 Å². The Hall–Kier alpha value is -1.30. The van der Waals surface area contributed by atoms with Crippen LogP contribution in [0.3, 0.4) is 0 Å². The van der Waals surface area contributed by atoms with Crippen LogP contribution in [0.4, 0.5) is 10.9 Å². The normalized spacial score (nSPS) is 19.5. The lowest BCUT2D eigenvalue weighted by Gasteiger charge is -2.25. The minimum absolute atomic E-state index is 0.0285. The highest BCUT2D eigenvalue weighted by Gasteiger charge is 2.32. The maximum atomic E-state index is 12.3. The summed E-state index contributed by atoms with van der Waals surface area (Å²) in [5.41, 5.74) is 5.93. The van der Waals surface area contributed by atoms with Gasteiger partial charge in [-0.1, -0.05) is 11.3 Å². The smallest absolute Gasteiger partial charge is 0.267 e. The molecule has 0 atom stereocenters. The molecular weight excluding hydrogens is 260 g/mol. The number of carbonyl (C=O) groups excluding carboxylic acids is 1. The first kappa shape index (κ1) is 12.7. The molecule has 1 amide bonds. The summed E-state index contributed by atoms with van der Waals surface area (Å²) < 4.78 is 0. The van der Waals surface area contributed by atoms with Gasteiger partial charge in [0.2, 0.25) is 0 Å². The number of piperidine rings is 1. The number of hydrogen-bond acceptors (Lipinski definition) is 5. The van der Waals surface area contributed by atoms with E-state index in [4.69, 9.17) is 5.73 Å². The lowest BCUT2D eigenvalue weighted by Crippen LogP contribution is -2.29. The Morgan fingerprint density at radius 1 is 1.37 bits per heavy atom. The van der Waals surface area contributed by atoms with Crippen molar-refractivity contribution in [3.63, 3.8) is 0 Å². The van der Waals surface area contributed by atoms with E-state index in [2.05, 4.69) is 9.88 Å². The quantitative estimate of drug-likeness (QED) is 0.919. The summed E-state index contributed by atoms with van der Waals surface area (Å²) in [6.45, 7) is 2.05. The third kappa shape index (κ3) is 2.54. The molecule has 1 aliphatic heterocycles. The van der Waals surface area contributed by atoms with Crippen LogP contribution in [-0.4, -0.2) is 42.0 Å². The molecule has 5 nitrogen and oxygen atoms in total. The predicted octanol–water partition coefficient (Wildman–Crippen LogP) is 1.95. The summed E-state index contributed by atoms with van der Waals surface area (Å²) >= 11 is 1.45. The summed E-state index contributed by atoms with van der Waals surface area (Å²) in [6.07, 6.45) is 5.91. The van der Waals surface area contributed by atoms with Gasteiger partial charge in [0.1, 0.15) is 10.7 Å². The van der Waals surface area contributed by atoms with Crippen LogP contribution >= 0.6 is 11.3 Å². The Balaban J connectivity index is 1.78. The third-order valence-corrected chi connectivity index (χ3v) is 5.00. The second-order valence-corrected chi connectivity index (χ2v) is 6.38. The second-order valence-electron chi connectivity index (χ2n) is 5.41. The van der Waals surface area contributed by atoms with Crippen molar-refractivity contribution in [2.75, 3.05) is 30.8 Å². The molecule has 0 unspecified atom stereocenters. The molecule has 2 fully saturated rings. The third-order valence-electron chi connectivity index (χ3n) is 3.88. The molecule has 3 rings (SSSR count). The van der Waals surface area contributed by atoms with Gasteiger partial charge in [-0.3, -0.25) is 4.79 Å². The van der Waals surface area contributed by atoms with E-state index in [-0.39, 0.29) is 5.91 Å². The van der Waals surface area contributed by atoms with Crippen LogP contribution in [0, 0.1) is 0 Å². The molecule has 2 heterocycles. The van der Waals surface area contributed by atoms with E-state index in [0.29, 0.717) is 16.7 Å². The SMILES string of the molecule is CN(C(=O)c1sc(N2CCCCC2)nc1N)C1CC1. The summed E-state index contributed by atoms with van der Waals surface area (Å²) in [4.78, 5) is 21.4. The van der Waals surface area contributed by atoms with Crippen molar-refractivity contribution in [3.05, 3.63) is 4.88 Å². The van der Waals surface area contributed by atoms with Crippen LogP contribution in [0.15, 0.2) is 0 Å². The van der Waals surface area contributed by atoms with E-state index in [1.165, 1.54) is 30.6 Å². The molecule has 104 valence electrons. The van der Waals surface area contributed by atoms with Crippen molar-refractivity contribution in [1.82, 2.24) is 9.88 Å². The average Bonchev–Trinajstić information content (AvgIpc) is 3.21. The van der Waals surface area contributed by atoms with E-state index in [9.17, 15) is 4.79 Å². The van der Waals surface area contributed by atoms with Crippen molar-refractivity contribution >= 4 is 28.2 Å². The Kier molecular flexibility index (Phi) is 3.35. The molecular formula is C13H20N4OS. The van der Waals surface area contributed by atoms with E-state index >= 15 is 0 Å². The zero-order valence-electron chi connectivity index (χ0n) is 11.3. The number of amides is 1. The van der Waals surface area contributed by atoms with Crippen molar-refractivity contribution < 1.29 is 4.79 Å². The minimum atomic E-state index is 0.0285. The highest BCUT2D eigenvalue weighted by molar-refractivity contribution is 7.18. The number of rotatable bonds is 3. The van der Waals surface area contributed by atoms with Crippen LogP contribution in [0.2, 0.25) is 0 Å². The molecule has 0 radical (unpaired) electrons. The van der Waals surface area contributed by atoms with Crippen molar-refractivity contribution in [3.8, 4) is 0 Å². The second kappa shape index (κ2) is 5.00. The Labute approximate surface area is 117 Å². The van der Waals surface area contributed by atoms with E-state index in [0.717, 1.165) is 31.1 Å². The van der Waals surface area contributed by atoms with Gasteiger partial charge in [0.05, 0.1) is 0 Å². The molecule has 0 bridgehead atoms. The van der Waals surface area contributed by atoms with Gasteiger partial charge in [-0.15, -0.1) is 0 Å². The lowest BCUT2D eigenvalue weighted by atomic mass is 10.1. The Morgan fingerprint density at radius 3 is 2.68 bits per heavy atom. The van der Waals surface area contributed by atoms with Gasteiger partial charge in [-0.25, -0.2) is 4.98 Å². The molecule has 1 aromatic rings. The molecule has 1 aromatic heterocycles. The molecule has 6 heteroatoms. The maximum Gasteiger partial charge on any atom is 0.267 e. The van der Waals surface area contributed by atoms with E-state index in [1.807, 2.05) is 11.9 Å². The molecule has 0 aromatic carbocycles. The van der Waals surface area contributed by atoms with Crippen molar-refractivity contribution in [2.24, 2.45) is 0 Å². The predicted molar refractivity (Wildman–Crippen MR) is 77.7 cm³/mol. The largest absolute Gasteiger partial charge is 0.382 e. The van der Waals surface area contributed by atoms with Crippen LogP contribution in [0.25, 0.3) is 0 Å². The highest BCUT2D eigenvalue weighted by Crippen LogP contribution is 2.33. The van der Waals surface area contributed by atoms with Gasteiger partial charge in [0.25, 0.3) is 5.91 Å². The molecule has 0 spiro atoms. The van der Waals surface area contributed by atoms with Crippen LogP contribution in [0.5, 0.6) is 0 Å². The monoisotopic (exact) mass is 280 g/mol. The number of anilines is 2. The molecule has 1 saturated heterocycles. The van der Waals surface area contributed by atoms with Gasteiger partial charge < -0.3 is 15.5 Å². The van der Waals surface area contributed by atoms with Crippen LogP contribution < -0.4 is 10.6 Å². The van der Waals surface area contributed by atoms with Gasteiger partial charge in [0, 0.05) is 26.2 Å². The fourth-order valence-corrected chi connectivity index (χ4v) is 3.50. The number of aromatic nitrogens is 1. The average molecular weight is 280 g/mol. The van der Waals surface area contributed by atoms with E-state index < -0.39 is 0 Å². The number of nitrogens with zero attached hydrogens (tertiary/aromatic N) is 3. The lowest BCUT2D eigenvalue weighted by molar-refractivity contribution is 0.0790. The first-order chi connectivity index (χ1) is 9.16. The number of carbonyl (C=O) groups is 1. The first-order valence-corrected chi connectivity index (χ1v) is 7.77. The number of thiazole rings is 1. The fourth-order valence-electron chi connectivity index (χ4n) is 2.48. The Morgan fingerprint density at radius 2 is 2.05 bits per heavy atom. The van der Waals surface area contributed by atoms with Crippen molar-refractivity contribution in [1.29, 1.82) is 0 Å². The topological polar surface area (TPSA) is 62.5 Å². The molecule has 2 aliphatic rings. The van der Waals surface area contributed by atoms with Crippen LogP contribution in [0.1, 0.15) is 41.8 Å². The van der Waals surface area contributed by atoms with Gasteiger partial charge >= 0.3 is 0 Å². The number of nitrogens with two attached hydrogens (primary N) is 1. The molecule has 19 heavy (non-hydrogen) atoms. The number of hydrogen-bond donors (Lipinski definition) is 1. The number of nitrogen functional groups attached to an aromatic ring is 1. The van der Waals surface area contributed by atoms with E-state index in [1.54, 1.807) is 0 Å². The summed E-state index contributed by atoms with van der Waals surface area (Å²) in [5.74, 6) is 0.420. The van der Waals surface area contributed by atoms with Crippen molar-refractivity contribution in [2.45, 2.75) is 38.1 Å². The standard InChI is InChI=1S/C13H20N4OS/c1-16(9-5-6-9)12(18)10-11(14)15-13(19-10)17-7-3-2-4-8-17/h9H,2-8,14H2,1H3. The first-order valence-electron chi connectivity index (χ1n) is 6.95. The van der Waals surface area contributed by atoms with Gasteiger partial charge in [-0.05, 0) is 32.1 Å². The van der Waals surface area contributed by atoms with Gasteiger partial charge in [0.15, 0.2) is 5.13 Å². The zero-order chi connectivity index (χ0) is 13.4. The fraction of sp³-hybridized carbons (Fsp3) is 0.692. The summed E-state index contributed by atoms with van der Waals surface area (Å²) in [5, 5.41) is 0.907. The highest BCUT2D eigenvalue weighted by atomic mass is 32.1. The minimum Gasteiger partial charge on any atom is -0.382 e. The molecule has 1 aliphatic carbocycles. The Bertz CT molecular complexity index is 477. The maximum absolute atomic E-state index is 12.3. The summed E-state index contributed by atoms with van der Waals surface area (Å²) in [7, 11) is 1.86. The molecule has 2 N–H and O–H groups in total. The van der Waals surface area contributed by atoms with Crippen LogP contribution in [-0.2, 0) is 0 Å².